The molecule has 0 aliphatic heterocycles. The summed E-state index contributed by atoms with van der Waals surface area (Å²) in [7, 11) is 1.81. The van der Waals surface area contributed by atoms with E-state index in [9.17, 15) is 4.79 Å². The van der Waals surface area contributed by atoms with E-state index in [0.29, 0.717) is 6.54 Å². The van der Waals surface area contributed by atoms with Gasteiger partial charge in [-0.05, 0) is 12.5 Å². The molecule has 4 heteroatoms. The third-order valence-corrected chi connectivity index (χ3v) is 2.24. The smallest absolute Gasteiger partial charge is 0.350 e. The topological polar surface area (TPSA) is 53.3 Å². The first kappa shape index (κ1) is 13.8. The monoisotopic (exact) mass is 244 g/mol. The number of esters is 1. The molecule has 94 valence electrons. The zero-order valence-electron chi connectivity index (χ0n) is 10.6. The highest BCUT2D eigenvalue weighted by Gasteiger charge is 2.10. The van der Waals surface area contributed by atoms with Gasteiger partial charge in [0, 0.05) is 19.8 Å². The number of carbonyl (C=O) groups is 1. The van der Waals surface area contributed by atoms with Crippen LogP contribution in [-0.4, -0.2) is 24.5 Å². The lowest BCUT2D eigenvalue weighted by molar-refractivity contribution is -0.138. The van der Waals surface area contributed by atoms with Gasteiger partial charge in [-0.25, -0.2) is 4.79 Å². The minimum Gasteiger partial charge on any atom is -0.462 e. The van der Waals surface area contributed by atoms with Gasteiger partial charge in [0.25, 0.3) is 0 Å². The Hall–Kier alpha value is -2.28. The summed E-state index contributed by atoms with van der Waals surface area (Å²) in [6, 6.07) is 11.7. The van der Waals surface area contributed by atoms with Crippen LogP contribution in [0.3, 0.4) is 0 Å². The maximum absolute atomic E-state index is 11.4. The Morgan fingerprint density at radius 3 is 2.67 bits per heavy atom. The van der Waals surface area contributed by atoms with Crippen molar-refractivity contribution < 1.29 is 9.53 Å². The van der Waals surface area contributed by atoms with Crippen molar-refractivity contribution in [3.8, 4) is 6.07 Å². The van der Waals surface area contributed by atoms with Crippen LogP contribution in [0.5, 0.6) is 0 Å². The number of carbonyl (C=O) groups excluding carboxylic acids is 1. The van der Waals surface area contributed by atoms with Crippen LogP contribution >= 0.6 is 0 Å². The van der Waals surface area contributed by atoms with E-state index in [-0.39, 0.29) is 12.2 Å². The molecule has 0 N–H and O–H groups in total. The van der Waals surface area contributed by atoms with Crippen LogP contribution in [-0.2, 0) is 16.1 Å². The van der Waals surface area contributed by atoms with Gasteiger partial charge in [0.15, 0.2) is 5.57 Å². The molecule has 0 aliphatic rings. The summed E-state index contributed by atoms with van der Waals surface area (Å²) in [6.07, 6.45) is 1.50. The number of benzene rings is 1. The van der Waals surface area contributed by atoms with Gasteiger partial charge in [0.2, 0.25) is 0 Å². The molecule has 0 bridgehead atoms. The second-order valence-corrected chi connectivity index (χ2v) is 3.78. The quantitative estimate of drug-likeness (QED) is 0.452. The average Bonchev–Trinajstić information content (AvgIpc) is 2.37. The van der Waals surface area contributed by atoms with E-state index < -0.39 is 5.97 Å². The summed E-state index contributed by atoms with van der Waals surface area (Å²) in [4.78, 5) is 13.2. The van der Waals surface area contributed by atoms with Crippen molar-refractivity contribution in [3.63, 3.8) is 0 Å². The third kappa shape index (κ3) is 4.30. The molecule has 0 saturated carbocycles. The fourth-order valence-electron chi connectivity index (χ4n) is 1.47. The van der Waals surface area contributed by atoms with Gasteiger partial charge < -0.3 is 9.64 Å². The Morgan fingerprint density at radius 2 is 2.11 bits per heavy atom. The standard InChI is InChI=1S/C14H16N2O2/c1-3-18-14(17)13(9-15)11-16(2)10-12-7-5-4-6-8-12/h4-8,11H,3,10H2,1-2H3. The number of nitrogens with zero attached hydrogens (tertiary/aromatic N) is 2. The molecule has 0 aromatic heterocycles. The molecule has 0 amide bonds. The zero-order valence-corrected chi connectivity index (χ0v) is 10.6. The van der Waals surface area contributed by atoms with E-state index in [2.05, 4.69) is 0 Å². The van der Waals surface area contributed by atoms with E-state index in [1.54, 1.807) is 11.8 Å². The number of ether oxygens (including phenoxy) is 1. The molecule has 1 rings (SSSR count). The molecule has 0 unspecified atom stereocenters. The van der Waals surface area contributed by atoms with Crippen LogP contribution in [0.15, 0.2) is 42.1 Å². The molecule has 1 aromatic carbocycles. The average molecular weight is 244 g/mol. The first-order chi connectivity index (χ1) is 8.67. The molecule has 0 saturated heterocycles. The summed E-state index contributed by atoms with van der Waals surface area (Å²) in [5, 5.41) is 8.89. The second-order valence-electron chi connectivity index (χ2n) is 3.78. The van der Waals surface area contributed by atoms with Crippen LogP contribution in [0.4, 0.5) is 0 Å². The maximum Gasteiger partial charge on any atom is 0.350 e. The molecule has 0 heterocycles. The van der Waals surface area contributed by atoms with Crippen molar-refractivity contribution in [2.75, 3.05) is 13.7 Å². The van der Waals surface area contributed by atoms with Gasteiger partial charge in [0.1, 0.15) is 6.07 Å². The number of hydrogen-bond acceptors (Lipinski definition) is 4. The lowest BCUT2D eigenvalue weighted by atomic mass is 10.2. The Morgan fingerprint density at radius 1 is 1.44 bits per heavy atom. The largest absolute Gasteiger partial charge is 0.462 e. The van der Waals surface area contributed by atoms with Crippen molar-refractivity contribution in [3.05, 3.63) is 47.7 Å². The van der Waals surface area contributed by atoms with E-state index in [0.717, 1.165) is 5.56 Å². The first-order valence-corrected chi connectivity index (χ1v) is 5.70. The molecule has 1 aromatic rings. The van der Waals surface area contributed by atoms with Crippen LogP contribution in [0.2, 0.25) is 0 Å². The molecule has 0 spiro atoms. The van der Waals surface area contributed by atoms with Gasteiger partial charge in [-0.15, -0.1) is 0 Å². The van der Waals surface area contributed by atoms with Crippen LogP contribution in [0.25, 0.3) is 0 Å². The number of rotatable bonds is 5. The molecule has 18 heavy (non-hydrogen) atoms. The zero-order chi connectivity index (χ0) is 13.4. The lowest BCUT2D eigenvalue weighted by Crippen LogP contribution is -2.15. The van der Waals surface area contributed by atoms with Crippen LogP contribution < -0.4 is 0 Å². The molecule has 0 fully saturated rings. The van der Waals surface area contributed by atoms with Crippen molar-refractivity contribution in [1.29, 1.82) is 5.26 Å². The Balaban J connectivity index is 2.69. The van der Waals surface area contributed by atoms with Gasteiger partial charge in [0.05, 0.1) is 6.61 Å². The molecular formula is C14H16N2O2. The summed E-state index contributed by atoms with van der Waals surface area (Å²) < 4.78 is 4.79. The van der Waals surface area contributed by atoms with Crippen molar-refractivity contribution in [2.45, 2.75) is 13.5 Å². The first-order valence-electron chi connectivity index (χ1n) is 5.70. The predicted molar refractivity (Wildman–Crippen MR) is 68.2 cm³/mol. The van der Waals surface area contributed by atoms with Gasteiger partial charge in [-0.1, -0.05) is 30.3 Å². The summed E-state index contributed by atoms with van der Waals surface area (Å²) in [5.41, 5.74) is 1.12. The summed E-state index contributed by atoms with van der Waals surface area (Å²) >= 11 is 0. The Kier molecular flexibility index (Phi) is 5.46. The van der Waals surface area contributed by atoms with E-state index in [1.165, 1.54) is 6.20 Å². The lowest BCUT2D eigenvalue weighted by Gasteiger charge is -2.14. The molecule has 0 aliphatic carbocycles. The van der Waals surface area contributed by atoms with E-state index >= 15 is 0 Å². The van der Waals surface area contributed by atoms with Gasteiger partial charge in [-0.2, -0.15) is 5.26 Å². The van der Waals surface area contributed by atoms with E-state index in [1.807, 2.05) is 43.4 Å². The highest BCUT2D eigenvalue weighted by Crippen LogP contribution is 2.05. The minimum atomic E-state index is -0.583. The number of hydrogen-bond donors (Lipinski definition) is 0. The highest BCUT2D eigenvalue weighted by molar-refractivity contribution is 5.92. The van der Waals surface area contributed by atoms with Crippen molar-refractivity contribution in [2.24, 2.45) is 0 Å². The fourth-order valence-corrected chi connectivity index (χ4v) is 1.47. The third-order valence-electron chi connectivity index (χ3n) is 2.24. The van der Waals surface area contributed by atoms with Crippen molar-refractivity contribution >= 4 is 5.97 Å². The van der Waals surface area contributed by atoms with Crippen molar-refractivity contribution in [1.82, 2.24) is 4.90 Å². The summed E-state index contributed by atoms with van der Waals surface area (Å²) in [6.45, 7) is 2.60. The van der Waals surface area contributed by atoms with Gasteiger partial charge >= 0.3 is 5.97 Å². The maximum atomic E-state index is 11.4. The van der Waals surface area contributed by atoms with Crippen LogP contribution in [0.1, 0.15) is 12.5 Å². The Bertz CT molecular complexity index is 460. The molecule has 4 nitrogen and oxygen atoms in total. The SMILES string of the molecule is CCOC(=O)C(C#N)=CN(C)Cc1ccccc1. The molecule has 0 atom stereocenters. The predicted octanol–water partition coefficient (Wildman–Crippen LogP) is 2.09. The van der Waals surface area contributed by atoms with E-state index in [4.69, 9.17) is 10.00 Å². The van der Waals surface area contributed by atoms with Gasteiger partial charge in [-0.3, -0.25) is 0 Å². The Labute approximate surface area is 107 Å². The normalized spacial score (nSPS) is 10.6. The molecular weight excluding hydrogens is 228 g/mol. The minimum absolute atomic E-state index is 0.00952. The fraction of sp³-hybridized carbons (Fsp3) is 0.286. The van der Waals surface area contributed by atoms with Crippen LogP contribution in [0, 0.1) is 11.3 Å². The highest BCUT2D eigenvalue weighted by atomic mass is 16.5. The second kappa shape index (κ2) is 7.13. The summed E-state index contributed by atoms with van der Waals surface area (Å²) in [5.74, 6) is -0.583. The molecule has 0 radical (unpaired) electrons. The number of nitriles is 1.